The van der Waals surface area contributed by atoms with E-state index in [2.05, 4.69) is 61.0 Å². The van der Waals surface area contributed by atoms with E-state index in [0.717, 1.165) is 74.5 Å². The fraction of sp³-hybridized carbons (Fsp3) is 0.475. The number of urea groups is 1. The van der Waals surface area contributed by atoms with E-state index in [9.17, 15) is 19.1 Å². The fourth-order valence-corrected chi connectivity index (χ4v) is 9.32. The van der Waals surface area contributed by atoms with Gasteiger partial charge in [-0.05, 0) is 98.5 Å². The fourth-order valence-electron chi connectivity index (χ4n) is 7.92. The molecule has 2 aromatic carbocycles. The number of nitriles is 1. The van der Waals surface area contributed by atoms with Crippen molar-refractivity contribution in [1.82, 2.24) is 34.3 Å². The smallest absolute Gasteiger partial charge is 0.322 e. The number of likely N-dealkylation sites (tertiary alicyclic amines) is 1. The Morgan fingerprint density at radius 3 is 2.56 bits per heavy atom. The number of carbonyl (C=O) groups excluding carboxylic acids is 2. The number of anilines is 3. The minimum absolute atomic E-state index is 0.109. The van der Waals surface area contributed by atoms with Gasteiger partial charge in [0.2, 0.25) is 5.95 Å². The van der Waals surface area contributed by atoms with Crippen LogP contribution in [-0.2, 0) is 29.2 Å². The summed E-state index contributed by atoms with van der Waals surface area (Å²) in [5, 5.41) is 32.0. The molecule has 57 heavy (non-hydrogen) atoms. The molecule has 0 spiro atoms. The number of benzene rings is 2. The van der Waals surface area contributed by atoms with Gasteiger partial charge < -0.3 is 25.6 Å². The highest BCUT2D eigenvalue weighted by molar-refractivity contribution is 7.82. The molecule has 4 N–H and O–H groups in total. The first-order valence-electron chi connectivity index (χ1n) is 19.4. The van der Waals surface area contributed by atoms with E-state index in [4.69, 9.17) is 17.0 Å². The Labute approximate surface area is 341 Å². The maximum absolute atomic E-state index is 13.8. The zero-order chi connectivity index (χ0) is 40.6. The van der Waals surface area contributed by atoms with Gasteiger partial charge in [0.15, 0.2) is 5.82 Å². The zero-order valence-electron chi connectivity index (χ0n) is 32.9. The van der Waals surface area contributed by atoms with Gasteiger partial charge >= 0.3 is 6.03 Å². The second-order valence-electron chi connectivity index (χ2n) is 14.8. The molecular weight excluding hydrogens is 764 g/mol. The molecule has 2 fully saturated rings. The average Bonchev–Trinajstić information content (AvgIpc) is 3.55. The summed E-state index contributed by atoms with van der Waals surface area (Å²) in [6, 6.07) is 14.1. The van der Waals surface area contributed by atoms with Crippen LogP contribution in [0.3, 0.4) is 0 Å². The number of carbonyl (C=O) groups is 2. The lowest BCUT2D eigenvalue weighted by molar-refractivity contribution is -0.107. The molecule has 302 valence electrons. The van der Waals surface area contributed by atoms with E-state index in [1.165, 1.54) is 16.7 Å². The van der Waals surface area contributed by atoms with Gasteiger partial charge in [0.1, 0.15) is 28.3 Å². The Morgan fingerprint density at radius 1 is 1.14 bits per heavy atom. The summed E-state index contributed by atoms with van der Waals surface area (Å²) in [6.07, 6.45) is 6.84. The highest BCUT2D eigenvalue weighted by atomic mass is 35.5. The first-order valence-corrected chi connectivity index (χ1v) is 20.9. The van der Waals surface area contributed by atoms with Crippen molar-refractivity contribution in [3.05, 3.63) is 64.8 Å². The normalized spacial score (nSPS) is 16.8. The molecule has 0 bridgehead atoms. The van der Waals surface area contributed by atoms with Gasteiger partial charge in [-0.3, -0.25) is 15.0 Å². The monoisotopic (exact) mass is 814 g/mol. The van der Waals surface area contributed by atoms with Crippen molar-refractivity contribution in [3.8, 4) is 6.07 Å². The maximum Gasteiger partial charge on any atom is 0.322 e. The number of aryl methyl sites for hydroxylation is 1. The van der Waals surface area contributed by atoms with Crippen LogP contribution in [0.4, 0.5) is 22.4 Å². The summed E-state index contributed by atoms with van der Waals surface area (Å²) < 4.78 is 17.6. The SMILES string of the molecule is CNC(=O)N(CCC=O)c1nn(C)c2cc(C3CCN(CC(C)Cc4cc(S(=O)N5CCC(Nc6ncc(C(=N)Cl)c(NC)n6)CC5)ccc4C#N)CC3)ccc12. The number of rotatable bonds is 15. The summed E-state index contributed by atoms with van der Waals surface area (Å²) in [5.74, 6) is 2.18. The number of hydrogen-bond acceptors (Lipinski definition) is 11. The highest BCUT2D eigenvalue weighted by Gasteiger charge is 2.27. The molecule has 15 nitrogen and oxygen atoms in total. The zero-order valence-corrected chi connectivity index (χ0v) is 34.5. The Balaban J connectivity index is 1.02. The third kappa shape index (κ3) is 9.78. The third-order valence-electron chi connectivity index (χ3n) is 10.9. The van der Waals surface area contributed by atoms with Crippen LogP contribution in [0, 0.1) is 22.7 Å². The van der Waals surface area contributed by atoms with Gasteiger partial charge in [-0.15, -0.1) is 0 Å². The third-order valence-corrected chi connectivity index (χ3v) is 12.6. The molecule has 0 radical (unpaired) electrons. The van der Waals surface area contributed by atoms with Crippen molar-refractivity contribution in [3.63, 3.8) is 0 Å². The van der Waals surface area contributed by atoms with Crippen molar-refractivity contribution >= 4 is 68.6 Å². The van der Waals surface area contributed by atoms with Crippen LogP contribution in [0.15, 0.2) is 47.5 Å². The predicted molar refractivity (Wildman–Crippen MR) is 225 cm³/mol. The largest absolute Gasteiger partial charge is 0.372 e. The van der Waals surface area contributed by atoms with Gasteiger partial charge in [0, 0.05) is 71.4 Å². The lowest BCUT2D eigenvalue weighted by Gasteiger charge is -2.34. The van der Waals surface area contributed by atoms with Crippen LogP contribution in [0.2, 0.25) is 0 Å². The molecule has 2 aliphatic heterocycles. The highest BCUT2D eigenvalue weighted by Crippen LogP contribution is 2.34. The quantitative estimate of drug-likeness (QED) is 0.0914. The molecule has 2 saturated heterocycles. The second-order valence-corrected chi connectivity index (χ2v) is 16.7. The number of fused-ring (bicyclic) bond motifs is 1. The molecule has 2 atom stereocenters. The predicted octanol–water partition coefficient (Wildman–Crippen LogP) is 5.23. The van der Waals surface area contributed by atoms with Crippen LogP contribution >= 0.6 is 11.6 Å². The molecule has 2 unspecified atom stereocenters. The molecule has 2 amide bonds. The number of nitrogens with one attached hydrogen (secondary N) is 4. The maximum atomic E-state index is 13.8. The minimum Gasteiger partial charge on any atom is -0.372 e. The number of halogens is 1. The number of aldehydes is 1. The second kappa shape index (κ2) is 19.0. The molecular formula is C40H51ClN12O3S. The number of aromatic nitrogens is 4. The van der Waals surface area contributed by atoms with Crippen molar-refractivity contribution in [2.45, 2.75) is 62.3 Å². The van der Waals surface area contributed by atoms with Gasteiger partial charge in [-0.1, -0.05) is 24.6 Å². The summed E-state index contributed by atoms with van der Waals surface area (Å²) in [5.41, 5.74) is 4.19. The van der Waals surface area contributed by atoms with Gasteiger partial charge in [0.05, 0.1) is 27.6 Å². The standard InChI is InChI=1S/C40H51ClN12O3S/c1-26(25-51-15-10-27(11-16-51)28-7-9-33-35(22-28)50(4)49-38(33)53(14-5-19-54)40(55)45-3)20-30-21-32(8-6-29(30)23-42)57(56)52-17-12-31(13-18-52)47-39-46-24-34(36(41)43)37(44-2)48-39/h6-9,19,21-22,24,26-27,31,43H,5,10-18,20,25H2,1-4H3,(H,45,55)(H2,44,46,47,48). The molecule has 2 aromatic heterocycles. The van der Waals surface area contributed by atoms with Crippen LogP contribution in [0.25, 0.3) is 10.9 Å². The van der Waals surface area contributed by atoms with Crippen molar-refractivity contribution in [2.75, 3.05) is 68.9 Å². The Bertz CT molecular complexity index is 2160. The Kier molecular flexibility index (Phi) is 13.9. The van der Waals surface area contributed by atoms with E-state index in [-0.39, 0.29) is 30.2 Å². The van der Waals surface area contributed by atoms with E-state index in [0.29, 0.717) is 58.5 Å². The molecule has 4 aromatic rings. The van der Waals surface area contributed by atoms with E-state index < -0.39 is 11.0 Å². The van der Waals surface area contributed by atoms with Crippen LogP contribution in [-0.4, -0.2) is 110 Å². The summed E-state index contributed by atoms with van der Waals surface area (Å²) >= 11 is 5.85. The van der Waals surface area contributed by atoms with Crippen molar-refractivity contribution in [2.24, 2.45) is 13.0 Å². The number of hydrogen-bond donors (Lipinski definition) is 4. The number of nitrogens with zero attached hydrogens (tertiary/aromatic N) is 8. The van der Waals surface area contributed by atoms with Crippen LogP contribution in [0.1, 0.15) is 67.2 Å². The molecule has 6 rings (SSSR count). The topological polar surface area (TPSA) is 188 Å². The Hall–Kier alpha value is -4.95. The molecule has 4 heterocycles. The van der Waals surface area contributed by atoms with E-state index in [1.807, 2.05) is 29.6 Å². The van der Waals surface area contributed by atoms with Crippen molar-refractivity contribution < 1.29 is 13.8 Å². The van der Waals surface area contributed by atoms with Gasteiger partial charge in [-0.2, -0.15) is 15.3 Å². The number of piperidine rings is 2. The van der Waals surface area contributed by atoms with E-state index >= 15 is 0 Å². The summed E-state index contributed by atoms with van der Waals surface area (Å²) in [7, 11) is 3.81. The van der Waals surface area contributed by atoms with Crippen molar-refractivity contribution in [1.29, 1.82) is 10.7 Å². The van der Waals surface area contributed by atoms with Crippen LogP contribution in [0.5, 0.6) is 0 Å². The molecule has 2 aliphatic rings. The minimum atomic E-state index is -1.36. The summed E-state index contributed by atoms with van der Waals surface area (Å²) in [4.78, 5) is 37.2. The molecule has 0 saturated carbocycles. The molecule has 17 heteroatoms. The van der Waals surface area contributed by atoms with E-state index in [1.54, 1.807) is 24.8 Å². The van der Waals surface area contributed by atoms with Crippen LogP contribution < -0.4 is 20.9 Å². The lowest BCUT2D eigenvalue weighted by Crippen LogP contribution is -2.40. The first kappa shape index (κ1) is 41.7. The average molecular weight is 815 g/mol. The Morgan fingerprint density at radius 2 is 1.89 bits per heavy atom. The lowest BCUT2D eigenvalue weighted by atomic mass is 9.88. The molecule has 0 aliphatic carbocycles. The van der Waals surface area contributed by atoms with Gasteiger partial charge in [-0.25, -0.2) is 18.3 Å². The summed E-state index contributed by atoms with van der Waals surface area (Å²) in [6.45, 7) is 6.57. The first-order chi connectivity index (χ1) is 27.5. The van der Waals surface area contributed by atoms with Gasteiger partial charge in [0.25, 0.3) is 0 Å². The number of amides is 2.